The maximum absolute atomic E-state index is 6.08. The van der Waals surface area contributed by atoms with Gasteiger partial charge in [-0.15, -0.1) is 5.10 Å². The molecule has 2 aromatic rings. The average Bonchev–Trinajstić information content (AvgIpc) is 2.48. The third-order valence-electron chi connectivity index (χ3n) is 2.57. The monoisotopic (exact) mass is 327 g/mol. The molecule has 0 aliphatic rings. The minimum atomic E-state index is 0.343. The van der Waals surface area contributed by atoms with E-state index < -0.39 is 0 Å². The number of aromatic nitrogens is 3. The van der Waals surface area contributed by atoms with E-state index in [1.165, 1.54) is 0 Å². The summed E-state index contributed by atoms with van der Waals surface area (Å²) in [5, 5.41) is 15.0. The molecular weight excluding hydrogens is 313 g/mol. The van der Waals surface area contributed by atoms with Gasteiger partial charge in [0, 0.05) is 25.3 Å². The number of hydrogen-bond donors (Lipinski definition) is 2. The smallest absolute Gasteiger partial charge is 0.249 e. The molecule has 0 radical (unpaired) electrons. The highest BCUT2D eigenvalue weighted by atomic mass is 35.5. The van der Waals surface area contributed by atoms with Gasteiger partial charge in [-0.05, 0) is 24.6 Å². The number of ether oxygens (including phenoxy) is 1. The largest absolute Gasteiger partial charge is 0.385 e. The van der Waals surface area contributed by atoms with E-state index in [1.54, 1.807) is 31.5 Å². The van der Waals surface area contributed by atoms with Crippen molar-refractivity contribution in [1.29, 1.82) is 0 Å². The molecule has 112 valence electrons. The molecule has 0 spiro atoms. The van der Waals surface area contributed by atoms with Crippen molar-refractivity contribution in [3.8, 4) is 0 Å². The molecule has 8 heteroatoms. The summed E-state index contributed by atoms with van der Waals surface area (Å²) >= 11 is 12.0. The van der Waals surface area contributed by atoms with Gasteiger partial charge >= 0.3 is 0 Å². The quantitative estimate of drug-likeness (QED) is 0.759. The lowest BCUT2D eigenvalue weighted by Gasteiger charge is -2.09. The van der Waals surface area contributed by atoms with Crippen LogP contribution in [-0.4, -0.2) is 35.4 Å². The van der Waals surface area contributed by atoms with E-state index in [0.29, 0.717) is 34.1 Å². The Balaban J connectivity index is 2.02. The molecule has 0 bridgehead atoms. The fourth-order valence-electron chi connectivity index (χ4n) is 1.59. The number of nitrogens with one attached hydrogen (secondary N) is 2. The Morgan fingerprint density at radius 1 is 1.29 bits per heavy atom. The van der Waals surface area contributed by atoms with Crippen LogP contribution in [-0.2, 0) is 4.74 Å². The second kappa shape index (κ2) is 7.97. The third-order valence-corrected chi connectivity index (χ3v) is 3.13. The first-order valence-electron chi connectivity index (χ1n) is 6.33. The van der Waals surface area contributed by atoms with Crippen LogP contribution in [0.3, 0.4) is 0 Å². The van der Waals surface area contributed by atoms with Crippen molar-refractivity contribution in [3.63, 3.8) is 0 Å². The van der Waals surface area contributed by atoms with Crippen LogP contribution in [0.1, 0.15) is 6.42 Å². The molecule has 2 rings (SSSR count). The van der Waals surface area contributed by atoms with Crippen LogP contribution in [0, 0.1) is 0 Å². The number of methoxy groups -OCH3 is 1. The lowest BCUT2D eigenvalue weighted by atomic mass is 10.3. The highest BCUT2D eigenvalue weighted by Crippen LogP contribution is 2.27. The Hall–Kier alpha value is -1.63. The van der Waals surface area contributed by atoms with Gasteiger partial charge in [-0.1, -0.05) is 23.2 Å². The van der Waals surface area contributed by atoms with Crippen molar-refractivity contribution in [1.82, 2.24) is 15.2 Å². The first kappa shape index (κ1) is 15.8. The number of nitrogens with zero attached hydrogens (tertiary/aromatic N) is 3. The van der Waals surface area contributed by atoms with E-state index in [2.05, 4.69) is 25.8 Å². The summed E-state index contributed by atoms with van der Waals surface area (Å²) in [5.74, 6) is 0.970. The van der Waals surface area contributed by atoms with Gasteiger partial charge in [-0.2, -0.15) is 10.1 Å². The molecule has 1 heterocycles. The Morgan fingerprint density at radius 2 is 2.14 bits per heavy atom. The molecule has 6 nitrogen and oxygen atoms in total. The Kier molecular flexibility index (Phi) is 5.98. The first-order valence-corrected chi connectivity index (χ1v) is 7.09. The maximum Gasteiger partial charge on any atom is 0.249 e. The zero-order valence-electron chi connectivity index (χ0n) is 11.4. The zero-order chi connectivity index (χ0) is 15.1. The van der Waals surface area contributed by atoms with Crippen LogP contribution >= 0.6 is 23.2 Å². The zero-order valence-corrected chi connectivity index (χ0v) is 12.9. The molecule has 0 fully saturated rings. The molecule has 0 amide bonds. The summed E-state index contributed by atoms with van der Waals surface area (Å²) in [7, 11) is 1.67. The van der Waals surface area contributed by atoms with Crippen LogP contribution < -0.4 is 10.6 Å². The number of hydrogen-bond acceptors (Lipinski definition) is 6. The van der Waals surface area contributed by atoms with Gasteiger partial charge in [-0.3, -0.25) is 0 Å². The summed E-state index contributed by atoms with van der Waals surface area (Å²) in [4.78, 5) is 4.30. The third kappa shape index (κ3) is 5.00. The molecule has 21 heavy (non-hydrogen) atoms. The Morgan fingerprint density at radius 3 is 2.95 bits per heavy atom. The van der Waals surface area contributed by atoms with Crippen molar-refractivity contribution >= 4 is 40.7 Å². The minimum absolute atomic E-state index is 0.343. The van der Waals surface area contributed by atoms with Gasteiger partial charge in [0.05, 0.1) is 16.9 Å². The van der Waals surface area contributed by atoms with E-state index in [1.807, 2.05) is 0 Å². The predicted molar refractivity (Wildman–Crippen MR) is 84.6 cm³/mol. The molecule has 0 saturated carbocycles. The van der Waals surface area contributed by atoms with Gasteiger partial charge in [0.2, 0.25) is 5.95 Å². The van der Waals surface area contributed by atoms with Crippen molar-refractivity contribution < 1.29 is 4.74 Å². The summed E-state index contributed by atoms with van der Waals surface area (Å²) in [6, 6.07) is 5.11. The van der Waals surface area contributed by atoms with E-state index in [-0.39, 0.29) is 0 Å². The predicted octanol–water partition coefficient (Wildman–Crippen LogP) is 3.37. The van der Waals surface area contributed by atoms with Crippen LogP contribution in [0.15, 0.2) is 24.4 Å². The molecule has 1 aromatic heterocycles. The van der Waals surface area contributed by atoms with Crippen molar-refractivity contribution in [2.24, 2.45) is 0 Å². The molecule has 0 atom stereocenters. The van der Waals surface area contributed by atoms with Crippen LogP contribution in [0.5, 0.6) is 0 Å². The van der Waals surface area contributed by atoms with E-state index in [4.69, 9.17) is 27.9 Å². The average molecular weight is 328 g/mol. The normalized spacial score (nSPS) is 10.4. The Bertz CT molecular complexity index is 597. The number of halogens is 2. The van der Waals surface area contributed by atoms with Gasteiger partial charge in [-0.25, -0.2) is 0 Å². The summed E-state index contributed by atoms with van der Waals surface area (Å²) in [6.07, 6.45) is 2.43. The number of rotatable bonds is 7. The lowest BCUT2D eigenvalue weighted by molar-refractivity contribution is 0.197. The van der Waals surface area contributed by atoms with E-state index in [0.717, 1.165) is 13.0 Å². The Labute approximate surface area is 132 Å². The molecule has 0 aliphatic heterocycles. The number of anilines is 3. The molecular formula is C13H15Cl2N5O. The first-order chi connectivity index (χ1) is 10.2. The summed E-state index contributed by atoms with van der Waals surface area (Å²) in [5.41, 5.74) is 0.627. The number of benzene rings is 1. The van der Waals surface area contributed by atoms with E-state index >= 15 is 0 Å². The standard InChI is InChI=1S/C13H15Cl2N5O/c1-21-6-2-5-16-12-8-17-20-13(19-12)18-11-7-9(14)3-4-10(11)15/h3-4,7-8H,2,5-6H2,1H3,(H2,16,18,19,20). The fourth-order valence-corrected chi connectivity index (χ4v) is 1.93. The van der Waals surface area contributed by atoms with Gasteiger partial charge in [0.1, 0.15) is 0 Å². The second-order valence-corrected chi connectivity index (χ2v) is 5.03. The lowest BCUT2D eigenvalue weighted by Crippen LogP contribution is -2.08. The van der Waals surface area contributed by atoms with Crippen molar-refractivity contribution in [2.75, 3.05) is 30.9 Å². The fraction of sp³-hybridized carbons (Fsp3) is 0.308. The molecule has 1 aromatic carbocycles. The van der Waals surface area contributed by atoms with Crippen LogP contribution in [0.25, 0.3) is 0 Å². The SMILES string of the molecule is COCCCNc1cnnc(Nc2cc(Cl)ccc2Cl)n1. The van der Waals surface area contributed by atoms with E-state index in [9.17, 15) is 0 Å². The van der Waals surface area contributed by atoms with Crippen molar-refractivity contribution in [2.45, 2.75) is 6.42 Å². The topological polar surface area (TPSA) is 72.0 Å². The highest BCUT2D eigenvalue weighted by Gasteiger charge is 2.05. The second-order valence-electron chi connectivity index (χ2n) is 4.19. The molecule has 0 unspecified atom stereocenters. The van der Waals surface area contributed by atoms with Crippen LogP contribution in [0.2, 0.25) is 10.0 Å². The maximum atomic E-state index is 6.08. The summed E-state index contributed by atoms with van der Waals surface area (Å²) < 4.78 is 4.98. The van der Waals surface area contributed by atoms with Gasteiger partial charge in [0.15, 0.2) is 5.82 Å². The van der Waals surface area contributed by atoms with Gasteiger partial charge in [0.25, 0.3) is 0 Å². The summed E-state index contributed by atoms with van der Waals surface area (Å²) in [6.45, 7) is 1.43. The highest BCUT2D eigenvalue weighted by molar-refractivity contribution is 6.35. The molecule has 0 saturated heterocycles. The molecule has 2 N–H and O–H groups in total. The molecule has 0 aliphatic carbocycles. The van der Waals surface area contributed by atoms with Crippen LogP contribution in [0.4, 0.5) is 17.5 Å². The van der Waals surface area contributed by atoms with Crippen molar-refractivity contribution in [3.05, 3.63) is 34.4 Å². The van der Waals surface area contributed by atoms with Gasteiger partial charge < -0.3 is 15.4 Å². The minimum Gasteiger partial charge on any atom is -0.385 e.